The Morgan fingerprint density at radius 1 is 1.35 bits per heavy atom. The highest BCUT2D eigenvalue weighted by atomic mass is 35.5. The van der Waals surface area contributed by atoms with E-state index in [0.29, 0.717) is 12.5 Å². The van der Waals surface area contributed by atoms with Crippen molar-refractivity contribution in [3.05, 3.63) is 29.8 Å². The van der Waals surface area contributed by atoms with Crippen molar-refractivity contribution in [3.63, 3.8) is 0 Å². The molecular weight excluding hydrogens is 292 g/mol. The highest BCUT2D eigenvalue weighted by Gasteiger charge is 2.26. The van der Waals surface area contributed by atoms with Crippen molar-refractivity contribution >= 4 is 30.1 Å². The van der Waals surface area contributed by atoms with Crippen LogP contribution in [0.25, 0.3) is 0 Å². The summed E-state index contributed by atoms with van der Waals surface area (Å²) in [5, 5.41) is 3.18. The number of carbonyl (C=O) groups excluding carboxylic acids is 1. The summed E-state index contributed by atoms with van der Waals surface area (Å²) in [6.07, 6.45) is 6.59. The van der Waals surface area contributed by atoms with Gasteiger partial charge in [-0.1, -0.05) is 25.0 Å². The number of hydrogen-bond donors (Lipinski definition) is 2. The molecule has 2 atom stereocenters. The maximum atomic E-state index is 12.4. The zero-order chi connectivity index (χ0) is 13.7. The summed E-state index contributed by atoms with van der Waals surface area (Å²) in [7, 11) is 0. The monoisotopic (exact) mass is 314 g/mol. The molecule has 3 nitrogen and oxygen atoms in total. The second-order valence-electron chi connectivity index (χ2n) is 5.06. The maximum absolute atomic E-state index is 12.4. The van der Waals surface area contributed by atoms with E-state index in [0.717, 1.165) is 23.3 Å². The fourth-order valence-electron chi connectivity index (χ4n) is 2.76. The van der Waals surface area contributed by atoms with Crippen LogP contribution in [0, 0.1) is 5.92 Å². The predicted octanol–water partition coefficient (Wildman–Crippen LogP) is 3.08. The number of carbonyl (C=O) groups is 1. The minimum Gasteiger partial charge on any atom is -0.349 e. The molecule has 1 aliphatic rings. The van der Waals surface area contributed by atoms with Gasteiger partial charge in [0.1, 0.15) is 0 Å². The van der Waals surface area contributed by atoms with Crippen molar-refractivity contribution in [2.24, 2.45) is 11.7 Å². The number of thioether (sulfide) groups is 1. The lowest BCUT2D eigenvalue weighted by Gasteiger charge is -2.31. The van der Waals surface area contributed by atoms with Gasteiger partial charge in [-0.3, -0.25) is 4.79 Å². The third kappa shape index (κ3) is 4.14. The minimum absolute atomic E-state index is 0. The van der Waals surface area contributed by atoms with Crippen LogP contribution in [-0.4, -0.2) is 24.7 Å². The van der Waals surface area contributed by atoms with E-state index in [-0.39, 0.29) is 24.4 Å². The lowest BCUT2D eigenvalue weighted by Crippen LogP contribution is -2.44. The Balaban J connectivity index is 0.00000200. The predicted molar refractivity (Wildman–Crippen MR) is 87.7 cm³/mol. The van der Waals surface area contributed by atoms with Crippen LogP contribution < -0.4 is 11.1 Å². The molecule has 0 bridgehead atoms. The zero-order valence-corrected chi connectivity index (χ0v) is 13.4. The van der Waals surface area contributed by atoms with E-state index in [2.05, 4.69) is 5.32 Å². The molecule has 0 aliphatic heterocycles. The van der Waals surface area contributed by atoms with Gasteiger partial charge in [0.15, 0.2) is 0 Å². The smallest absolute Gasteiger partial charge is 0.252 e. The van der Waals surface area contributed by atoms with Gasteiger partial charge in [0.25, 0.3) is 5.91 Å². The van der Waals surface area contributed by atoms with Gasteiger partial charge in [-0.2, -0.15) is 0 Å². The van der Waals surface area contributed by atoms with Crippen molar-refractivity contribution in [2.75, 3.05) is 12.8 Å². The topological polar surface area (TPSA) is 55.1 Å². The molecule has 1 aromatic rings. The summed E-state index contributed by atoms with van der Waals surface area (Å²) in [5.74, 6) is 0.467. The molecular formula is C15H23ClN2OS. The van der Waals surface area contributed by atoms with Gasteiger partial charge < -0.3 is 11.1 Å². The number of hydrogen-bond acceptors (Lipinski definition) is 3. The molecule has 20 heavy (non-hydrogen) atoms. The van der Waals surface area contributed by atoms with Crippen molar-refractivity contribution in [2.45, 2.75) is 36.6 Å². The normalized spacial score (nSPS) is 21.9. The third-order valence-corrected chi connectivity index (χ3v) is 4.68. The molecule has 1 aliphatic carbocycles. The summed E-state index contributed by atoms with van der Waals surface area (Å²) in [4.78, 5) is 13.4. The molecule has 1 saturated carbocycles. The molecule has 0 saturated heterocycles. The van der Waals surface area contributed by atoms with Gasteiger partial charge in [0, 0.05) is 10.9 Å². The Kier molecular flexibility index (Phi) is 7.41. The highest BCUT2D eigenvalue weighted by molar-refractivity contribution is 7.98. The lowest BCUT2D eigenvalue weighted by molar-refractivity contribution is 0.0905. The number of amides is 1. The second-order valence-corrected chi connectivity index (χ2v) is 5.91. The first kappa shape index (κ1) is 17.3. The molecule has 2 rings (SSSR count). The summed E-state index contributed by atoms with van der Waals surface area (Å²) in [6, 6.07) is 7.99. The van der Waals surface area contributed by atoms with Crippen LogP contribution in [0.3, 0.4) is 0 Å². The Labute approximate surface area is 131 Å². The van der Waals surface area contributed by atoms with E-state index >= 15 is 0 Å². The highest BCUT2D eigenvalue weighted by Crippen LogP contribution is 2.25. The SMILES string of the molecule is CSc1ccccc1C(=O)NC1CCCCC1CN.Cl. The molecule has 0 aromatic heterocycles. The first-order chi connectivity index (χ1) is 9.26. The molecule has 2 unspecified atom stereocenters. The van der Waals surface area contributed by atoms with Crippen molar-refractivity contribution in [1.29, 1.82) is 0 Å². The average molecular weight is 315 g/mol. The van der Waals surface area contributed by atoms with Crippen molar-refractivity contribution in [3.8, 4) is 0 Å². The van der Waals surface area contributed by atoms with E-state index < -0.39 is 0 Å². The van der Waals surface area contributed by atoms with E-state index in [4.69, 9.17) is 5.73 Å². The Bertz CT molecular complexity index is 442. The Morgan fingerprint density at radius 3 is 2.75 bits per heavy atom. The Hall–Kier alpha value is -0.710. The minimum atomic E-state index is 0. The summed E-state index contributed by atoms with van der Waals surface area (Å²) in [5.41, 5.74) is 6.58. The van der Waals surface area contributed by atoms with Crippen LogP contribution in [0.1, 0.15) is 36.0 Å². The average Bonchev–Trinajstić information content (AvgIpc) is 2.47. The van der Waals surface area contributed by atoms with Gasteiger partial charge in [0.05, 0.1) is 5.56 Å². The second kappa shape index (κ2) is 8.55. The Morgan fingerprint density at radius 2 is 2.05 bits per heavy atom. The van der Waals surface area contributed by atoms with Gasteiger partial charge in [0.2, 0.25) is 0 Å². The fraction of sp³-hybridized carbons (Fsp3) is 0.533. The molecule has 5 heteroatoms. The van der Waals surface area contributed by atoms with Crippen LogP contribution in [-0.2, 0) is 0 Å². The van der Waals surface area contributed by atoms with Crippen LogP contribution in [0.2, 0.25) is 0 Å². The molecule has 3 N–H and O–H groups in total. The van der Waals surface area contributed by atoms with Crippen LogP contribution in [0.5, 0.6) is 0 Å². The summed E-state index contributed by atoms with van der Waals surface area (Å²) >= 11 is 1.61. The number of nitrogens with two attached hydrogens (primary N) is 1. The van der Waals surface area contributed by atoms with E-state index in [1.807, 2.05) is 30.5 Å². The molecule has 1 amide bonds. The van der Waals surface area contributed by atoms with Gasteiger partial charge in [-0.05, 0) is 43.7 Å². The largest absolute Gasteiger partial charge is 0.349 e. The first-order valence-corrected chi connectivity index (χ1v) is 8.12. The molecule has 0 spiro atoms. The van der Waals surface area contributed by atoms with E-state index in [9.17, 15) is 4.79 Å². The van der Waals surface area contributed by atoms with Gasteiger partial charge in [-0.15, -0.1) is 24.2 Å². The van der Waals surface area contributed by atoms with Gasteiger partial charge in [-0.25, -0.2) is 0 Å². The quantitative estimate of drug-likeness (QED) is 0.840. The van der Waals surface area contributed by atoms with E-state index in [1.165, 1.54) is 12.8 Å². The van der Waals surface area contributed by atoms with Crippen LogP contribution in [0.4, 0.5) is 0 Å². The molecule has 0 radical (unpaired) electrons. The molecule has 112 valence electrons. The fourth-order valence-corrected chi connectivity index (χ4v) is 3.35. The standard InChI is InChI=1S/C15H22N2OS.ClH/c1-19-14-9-5-3-7-12(14)15(18)17-13-8-4-2-6-11(13)10-16;/h3,5,7,9,11,13H,2,4,6,8,10,16H2,1H3,(H,17,18);1H. The zero-order valence-electron chi connectivity index (χ0n) is 11.8. The number of nitrogens with one attached hydrogen (secondary N) is 1. The van der Waals surface area contributed by atoms with Crippen molar-refractivity contribution in [1.82, 2.24) is 5.32 Å². The third-order valence-electron chi connectivity index (χ3n) is 3.88. The molecule has 0 heterocycles. The van der Waals surface area contributed by atoms with Crippen LogP contribution in [0.15, 0.2) is 29.2 Å². The van der Waals surface area contributed by atoms with Gasteiger partial charge >= 0.3 is 0 Å². The number of rotatable bonds is 4. The van der Waals surface area contributed by atoms with E-state index in [1.54, 1.807) is 11.8 Å². The molecule has 1 fully saturated rings. The number of benzene rings is 1. The lowest BCUT2D eigenvalue weighted by atomic mass is 9.84. The first-order valence-electron chi connectivity index (χ1n) is 6.90. The maximum Gasteiger partial charge on any atom is 0.252 e. The number of halogens is 1. The van der Waals surface area contributed by atoms with Crippen LogP contribution >= 0.6 is 24.2 Å². The molecule has 1 aromatic carbocycles. The summed E-state index contributed by atoms with van der Waals surface area (Å²) in [6.45, 7) is 0.662. The summed E-state index contributed by atoms with van der Waals surface area (Å²) < 4.78 is 0. The van der Waals surface area contributed by atoms with Crippen molar-refractivity contribution < 1.29 is 4.79 Å².